The van der Waals surface area contributed by atoms with E-state index in [0.717, 1.165) is 17.1 Å². The summed E-state index contributed by atoms with van der Waals surface area (Å²) in [5, 5.41) is 7.63. The molecule has 0 saturated heterocycles. The average molecular weight is 604 g/mol. The van der Waals surface area contributed by atoms with Gasteiger partial charge in [-0.3, -0.25) is 0 Å². The summed E-state index contributed by atoms with van der Waals surface area (Å²) in [6.45, 7) is 0. The van der Waals surface area contributed by atoms with Crippen LogP contribution in [0.15, 0.2) is 176 Å². The molecule has 1 aromatic heterocycles. The van der Waals surface area contributed by atoms with Crippen LogP contribution in [0.5, 0.6) is 0 Å². The van der Waals surface area contributed by atoms with Crippen LogP contribution in [0.4, 0.5) is 17.1 Å². The van der Waals surface area contributed by atoms with Crippen molar-refractivity contribution in [2.24, 2.45) is 0 Å². The lowest BCUT2D eigenvalue weighted by Gasteiger charge is -2.26. The average Bonchev–Trinajstić information content (AvgIpc) is 3.51. The first-order valence-corrected chi connectivity index (χ1v) is 16.5. The molecule has 2 heteroatoms. The lowest BCUT2D eigenvalue weighted by Crippen LogP contribution is -2.10. The Morgan fingerprint density at radius 3 is 1.78 bits per heavy atom. The molecule has 1 nitrogen and oxygen atoms in total. The molecule has 0 radical (unpaired) electrons. The summed E-state index contributed by atoms with van der Waals surface area (Å²) in [4.78, 5) is 2.38. The first-order valence-electron chi connectivity index (χ1n) is 15.7. The molecule has 0 N–H and O–H groups in total. The van der Waals surface area contributed by atoms with Crippen LogP contribution in [0.2, 0.25) is 0 Å². The normalized spacial score (nSPS) is 11.5. The molecule has 9 aromatic rings. The van der Waals surface area contributed by atoms with Crippen molar-refractivity contribution in [2.45, 2.75) is 0 Å². The fraction of sp³-hybridized carbons (Fsp3) is 0. The predicted molar refractivity (Wildman–Crippen MR) is 200 cm³/mol. The fourth-order valence-corrected chi connectivity index (χ4v) is 7.89. The van der Waals surface area contributed by atoms with Crippen molar-refractivity contribution in [3.63, 3.8) is 0 Å². The molecule has 8 aromatic carbocycles. The minimum atomic E-state index is 1.12. The highest BCUT2D eigenvalue weighted by atomic mass is 32.1. The van der Waals surface area contributed by atoms with E-state index in [-0.39, 0.29) is 0 Å². The van der Waals surface area contributed by atoms with Crippen LogP contribution in [0.1, 0.15) is 0 Å². The van der Waals surface area contributed by atoms with Gasteiger partial charge in [-0.15, -0.1) is 11.3 Å². The Labute approximate surface area is 272 Å². The Morgan fingerprint density at radius 1 is 0.348 bits per heavy atom. The van der Waals surface area contributed by atoms with Crippen molar-refractivity contribution in [1.82, 2.24) is 0 Å². The smallest absolute Gasteiger partial charge is 0.0468 e. The maximum absolute atomic E-state index is 2.38. The Kier molecular flexibility index (Phi) is 6.40. The fourth-order valence-electron chi connectivity index (χ4n) is 6.76. The van der Waals surface area contributed by atoms with E-state index in [1.54, 1.807) is 0 Å². The van der Waals surface area contributed by atoms with E-state index in [1.807, 2.05) is 11.3 Å². The lowest BCUT2D eigenvalue weighted by molar-refractivity contribution is 1.29. The molecule has 0 aliphatic carbocycles. The molecule has 0 amide bonds. The van der Waals surface area contributed by atoms with Crippen molar-refractivity contribution < 1.29 is 0 Å². The number of fused-ring (bicyclic) bond motifs is 5. The van der Waals surface area contributed by atoms with Gasteiger partial charge in [0.1, 0.15) is 0 Å². The van der Waals surface area contributed by atoms with Gasteiger partial charge < -0.3 is 4.90 Å². The van der Waals surface area contributed by atoms with E-state index in [9.17, 15) is 0 Å². The lowest BCUT2D eigenvalue weighted by atomic mass is 9.98. The van der Waals surface area contributed by atoms with Crippen molar-refractivity contribution in [1.29, 1.82) is 0 Å². The van der Waals surface area contributed by atoms with Crippen LogP contribution >= 0.6 is 11.3 Å². The molecule has 0 aliphatic rings. The van der Waals surface area contributed by atoms with Crippen LogP contribution in [0.3, 0.4) is 0 Å². The molecule has 0 atom stereocenters. The molecule has 0 fully saturated rings. The minimum Gasteiger partial charge on any atom is -0.310 e. The second kappa shape index (κ2) is 11.0. The number of hydrogen-bond donors (Lipinski definition) is 0. The van der Waals surface area contributed by atoms with Crippen LogP contribution in [0.25, 0.3) is 64.0 Å². The van der Waals surface area contributed by atoms with Gasteiger partial charge in [0.25, 0.3) is 0 Å². The van der Waals surface area contributed by atoms with Gasteiger partial charge in [0.2, 0.25) is 0 Å². The van der Waals surface area contributed by atoms with Crippen LogP contribution < -0.4 is 4.90 Å². The molecule has 0 spiro atoms. The summed E-state index contributed by atoms with van der Waals surface area (Å²) in [6.07, 6.45) is 0. The molecular weight excluding hydrogens is 575 g/mol. The molecule has 0 saturated carbocycles. The largest absolute Gasteiger partial charge is 0.310 e. The molecule has 1 heterocycles. The standard InChI is InChI=1S/C44H29NS/c1-3-11-33-27-35(20-19-30(33)9-1)32-21-24-37(25-22-32)45(39-26-23-31-10-2-4-12-34(31)28-39)38-14-7-13-36(29-38)40-16-8-18-43-44(40)41-15-5-6-17-42(41)46-43/h1-29H. The number of benzene rings is 8. The third-order valence-electron chi connectivity index (χ3n) is 9.02. The zero-order chi connectivity index (χ0) is 30.5. The summed E-state index contributed by atoms with van der Waals surface area (Å²) in [5.74, 6) is 0. The quantitative estimate of drug-likeness (QED) is 0.189. The summed E-state index contributed by atoms with van der Waals surface area (Å²) in [7, 11) is 0. The van der Waals surface area contributed by atoms with Gasteiger partial charge >= 0.3 is 0 Å². The topological polar surface area (TPSA) is 3.24 Å². The molecular formula is C44H29NS. The predicted octanol–water partition coefficient (Wildman–Crippen LogP) is 13.2. The van der Waals surface area contributed by atoms with E-state index >= 15 is 0 Å². The van der Waals surface area contributed by atoms with Gasteiger partial charge in [-0.05, 0) is 98.4 Å². The summed E-state index contributed by atoms with van der Waals surface area (Å²) < 4.78 is 2.64. The van der Waals surface area contributed by atoms with Gasteiger partial charge in [0.05, 0.1) is 0 Å². The van der Waals surface area contributed by atoms with Gasteiger partial charge in [-0.25, -0.2) is 0 Å². The first-order chi connectivity index (χ1) is 22.8. The minimum absolute atomic E-state index is 1.12. The number of hydrogen-bond acceptors (Lipinski definition) is 2. The maximum atomic E-state index is 2.38. The third-order valence-corrected chi connectivity index (χ3v) is 10.2. The van der Waals surface area contributed by atoms with E-state index in [4.69, 9.17) is 0 Å². The SMILES string of the molecule is c1cc(-c2cccc3sc4ccccc4c23)cc(N(c2ccc(-c3ccc4ccccc4c3)cc2)c2ccc3ccccc3c2)c1. The molecule has 9 rings (SSSR count). The second-order valence-electron chi connectivity index (χ2n) is 11.8. The maximum Gasteiger partial charge on any atom is 0.0468 e. The van der Waals surface area contributed by atoms with Gasteiger partial charge in [0, 0.05) is 37.2 Å². The van der Waals surface area contributed by atoms with E-state index in [2.05, 4.69) is 181 Å². The van der Waals surface area contributed by atoms with Crippen molar-refractivity contribution in [3.8, 4) is 22.3 Å². The molecule has 46 heavy (non-hydrogen) atoms. The van der Waals surface area contributed by atoms with Crippen molar-refractivity contribution in [3.05, 3.63) is 176 Å². The molecule has 0 bridgehead atoms. The van der Waals surface area contributed by atoms with E-state index in [0.29, 0.717) is 0 Å². The highest BCUT2D eigenvalue weighted by molar-refractivity contribution is 7.25. The van der Waals surface area contributed by atoms with Crippen LogP contribution in [-0.4, -0.2) is 0 Å². The second-order valence-corrected chi connectivity index (χ2v) is 12.9. The zero-order valence-electron chi connectivity index (χ0n) is 25.1. The Morgan fingerprint density at radius 2 is 0.957 bits per heavy atom. The van der Waals surface area contributed by atoms with Gasteiger partial charge in [-0.2, -0.15) is 0 Å². The van der Waals surface area contributed by atoms with E-state index < -0.39 is 0 Å². The number of anilines is 3. The molecule has 0 unspecified atom stereocenters. The number of rotatable bonds is 5. The highest BCUT2D eigenvalue weighted by Crippen LogP contribution is 2.43. The van der Waals surface area contributed by atoms with Crippen molar-refractivity contribution >= 4 is 70.1 Å². The van der Waals surface area contributed by atoms with E-state index in [1.165, 1.54) is 64.0 Å². The van der Waals surface area contributed by atoms with Crippen LogP contribution in [-0.2, 0) is 0 Å². The number of thiophene rings is 1. The summed E-state index contributed by atoms with van der Waals surface area (Å²) in [5.41, 5.74) is 8.29. The van der Waals surface area contributed by atoms with Gasteiger partial charge in [0.15, 0.2) is 0 Å². The summed E-state index contributed by atoms with van der Waals surface area (Å²) in [6, 6.07) is 64.0. The highest BCUT2D eigenvalue weighted by Gasteiger charge is 2.16. The van der Waals surface area contributed by atoms with Crippen molar-refractivity contribution in [2.75, 3.05) is 4.90 Å². The molecule has 0 aliphatic heterocycles. The third kappa shape index (κ3) is 4.63. The summed E-state index contributed by atoms with van der Waals surface area (Å²) >= 11 is 1.87. The van der Waals surface area contributed by atoms with Crippen LogP contribution in [0, 0.1) is 0 Å². The Balaban J connectivity index is 1.18. The molecule has 216 valence electrons. The zero-order valence-corrected chi connectivity index (χ0v) is 25.9. The first kappa shape index (κ1) is 26.7. The Hall–Kier alpha value is -5.70. The monoisotopic (exact) mass is 603 g/mol. The number of nitrogens with zero attached hydrogens (tertiary/aromatic N) is 1. The van der Waals surface area contributed by atoms with Gasteiger partial charge in [-0.1, -0.05) is 121 Å². The Bertz CT molecular complexity index is 2540.